The van der Waals surface area contributed by atoms with Gasteiger partial charge in [0.2, 0.25) is 0 Å². The van der Waals surface area contributed by atoms with E-state index in [0.717, 1.165) is 5.69 Å². The molecule has 1 rings (SSSR count). The van der Waals surface area contributed by atoms with Crippen LogP contribution in [0.3, 0.4) is 0 Å². The topological polar surface area (TPSA) is 34.4 Å². The Morgan fingerprint density at radius 1 is 1.39 bits per heavy atom. The highest BCUT2D eigenvalue weighted by atomic mass is 32.2. The normalized spacial score (nSPS) is 13.2. The summed E-state index contributed by atoms with van der Waals surface area (Å²) >= 11 is 1.74. The van der Waals surface area contributed by atoms with Crippen molar-refractivity contribution in [2.24, 2.45) is 0 Å². The lowest BCUT2D eigenvalue weighted by Crippen LogP contribution is -2.08. The molecule has 18 heavy (non-hydrogen) atoms. The van der Waals surface area contributed by atoms with Crippen LogP contribution in [0, 0.1) is 6.92 Å². The highest BCUT2D eigenvalue weighted by Gasteiger charge is 2.06. The van der Waals surface area contributed by atoms with Crippen molar-refractivity contribution in [1.29, 1.82) is 0 Å². The Morgan fingerprint density at radius 3 is 2.72 bits per heavy atom. The van der Waals surface area contributed by atoms with Crippen LogP contribution in [0.5, 0.6) is 0 Å². The molecule has 4 heteroatoms. The molecule has 0 fully saturated rings. The minimum atomic E-state index is 0.301. The van der Waals surface area contributed by atoms with E-state index in [1.165, 1.54) is 16.2 Å². The van der Waals surface area contributed by atoms with E-state index in [0.29, 0.717) is 13.2 Å². The van der Waals surface area contributed by atoms with Crippen molar-refractivity contribution < 1.29 is 10.1 Å². The van der Waals surface area contributed by atoms with Gasteiger partial charge in [0, 0.05) is 17.9 Å². The van der Waals surface area contributed by atoms with E-state index < -0.39 is 0 Å². The van der Waals surface area contributed by atoms with Crippen LogP contribution in [0.2, 0.25) is 0 Å². The molecule has 0 aliphatic carbocycles. The molecule has 0 aromatic carbocycles. The molecule has 0 aliphatic rings. The van der Waals surface area contributed by atoms with Gasteiger partial charge in [-0.1, -0.05) is 12.2 Å². The van der Waals surface area contributed by atoms with Gasteiger partial charge in [0.1, 0.15) is 0 Å². The zero-order chi connectivity index (χ0) is 13.5. The predicted molar refractivity (Wildman–Crippen MR) is 78.7 cm³/mol. The molecule has 0 radical (unpaired) electrons. The van der Waals surface area contributed by atoms with Crippen molar-refractivity contribution in [2.75, 3.05) is 12.9 Å². The van der Waals surface area contributed by atoms with Gasteiger partial charge >= 0.3 is 0 Å². The molecule has 0 aliphatic heterocycles. The molecular weight excluding hydrogens is 246 g/mol. The molecule has 1 aromatic rings. The fourth-order valence-corrected chi connectivity index (χ4v) is 1.94. The van der Waals surface area contributed by atoms with Crippen LogP contribution in [0.4, 0.5) is 0 Å². The van der Waals surface area contributed by atoms with E-state index in [-0.39, 0.29) is 0 Å². The lowest BCUT2D eigenvalue weighted by Gasteiger charge is -2.10. The van der Waals surface area contributed by atoms with Crippen LogP contribution in [0.1, 0.15) is 25.2 Å². The minimum Gasteiger partial charge on any atom is -0.343 e. The van der Waals surface area contributed by atoms with Gasteiger partial charge in [-0.15, -0.1) is 11.8 Å². The summed E-state index contributed by atoms with van der Waals surface area (Å²) in [5.41, 5.74) is 3.53. The maximum atomic E-state index is 8.45. The molecule has 1 aromatic heterocycles. The van der Waals surface area contributed by atoms with Gasteiger partial charge in [-0.3, -0.25) is 5.26 Å². The lowest BCUT2D eigenvalue weighted by atomic mass is 10.2. The number of hydrogen-bond donors (Lipinski definition) is 1. The zero-order valence-electron chi connectivity index (χ0n) is 11.4. The molecule has 1 heterocycles. The molecular formula is C14H21NO2S. The number of nitrogens with zero attached hydrogens (tertiary/aromatic N) is 1. The van der Waals surface area contributed by atoms with Gasteiger partial charge in [-0.2, -0.15) is 0 Å². The Hall–Kier alpha value is -0.970. The molecule has 100 valence electrons. The zero-order valence-corrected chi connectivity index (χ0v) is 12.3. The first-order valence-corrected chi connectivity index (χ1v) is 7.14. The molecule has 0 bridgehead atoms. The molecule has 0 saturated carbocycles. The number of rotatable bonds is 6. The van der Waals surface area contributed by atoms with Crippen LogP contribution in [0.15, 0.2) is 29.2 Å². The van der Waals surface area contributed by atoms with Gasteiger partial charge in [0.25, 0.3) is 0 Å². The number of thioether (sulfide) groups is 1. The van der Waals surface area contributed by atoms with Gasteiger partial charge in [-0.25, -0.2) is 4.89 Å². The number of aryl methyl sites for hydroxylation is 1. The summed E-state index contributed by atoms with van der Waals surface area (Å²) < 4.78 is 2.14. The summed E-state index contributed by atoms with van der Waals surface area (Å²) in [5, 5.41) is 8.45. The van der Waals surface area contributed by atoms with Crippen LogP contribution in [-0.2, 0) is 11.4 Å². The lowest BCUT2D eigenvalue weighted by molar-refractivity contribution is -0.243. The molecule has 0 spiro atoms. The van der Waals surface area contributed by atoms with Gasteiger partial charge in [0.05, 0.1) is 6.61 Å². The van der Waals surface area contributed by atoms with E-state index in [4.69, 9.17) is 5.26 Å². The maximum absolute atomic E-state index is 8.45. The highest BCUT2D eigenvalue weighted by Crippen LogP contribution is 2.19. The second-order valence-electron chi connectivity index (χ2n) is 4.18. The Kier molecular flexibility index (Phi) is 6.25. The quantitative estimate of drug-likeness (QED) is 0.481. The third kappa shape index (κ3) is 4.05. The first kappa shape index (κ1) is 15.1. The summed E-state index contributed by atoms with van der Waals surface area (Å²) in [6.45, 7) is 7.20. The van der Waals surface area contributed by atoms with E-state index >= 15 is 0 Å². The van der Waals surface area contributed by atoms with Crippen molar-refractivity contribution in [2.45, 2.75) is 27.3 Å². The first-order valence-electron chi connectivity index (χ1n) is 5.92. The van der Waals surface area contributed by atoms with Crippen molar-refractivity contribution >= 4 is 17.3 Å². The van der Waals surface area contributed by atoms with E-state index in [9.17, 15) is 0 Å². The van der Waals surface area contributed by atoms with Gasteiger partial charge in [-0.05, 0) is 49.6 Å². The molecule has 3 nitrogen and oxygen atoms in total. The fraction of sp³-hybridized carbons (Fsp3) is 0.429. The smallest absolute Gasteiger partial charge is 0.0998 e. The Balaban J connectivity index is 2.95. The van der Waals surface area contributed by atoms with Crippen molar-refractivity contribution in [1.82, 2.24) is 4.57 Å². The Bertz CT molecular complexity index is 447. The number of aromatic nitrogens is 1. The van der Waals surface area contributed by atoms with Crippen molar-refractivity contribution in [3.63, 3.8) is 0 Å². The SMILES string of the molecule is CS/C(C)=C/C=C(\C)c1ccc(C)n1CCOO. The highest BCUT2D eigenvalue weighted by molar-refractivity contribution is 8.02. The fourth-order valence-electron chi connectivity index (χ4n) is 1.74. The van der Waals surface area contributed by atoms with E-state index in [2.05, 4.69) is 60.8 Å². The Labute approximate surface area is 113 Å². The largest absolute Gasteiger partial charge is 0.343 e. The second-order valence-corrected chi connectivity index (χ2v) is 5.23. The van der Waals surface area contributed by atoms with Crippen LogP contribution >= 0.6 is 11.8 Å². The first-order chi connectivity index (χ1) is 8.60. The second kappa shape index (κ2) is 7.46. The van der Waals surface area contributed by atoms with E-state index in [1.807, 2.05) is 0 Å². The summed E-state index contributed by atoms with van der Waals surface area (Å²) in [7, 11) is 0. The predicted octanol–water partition coefficient (Wildman–Crippen LogP) is 3.96. The molecule has 0 unspecified atom stereocenters. The Morgan fingerprint density at radius 2 is 2.11 bits per heavy atom. The van der Waals surface area contributed by atoms with Crippen LogP contribution < -0.4 is 0 Å². The third-order valence-electron chi connectivity index (χ3n) is 2.90. The summed E-state index contributed by atoms with van der Waals surface area (Å²) in [6, 6.07) is 4.18. The van der Waals surface area contributed by atoms with Gasteiger partial charge in [0.15, 0.2) is 0 Å². The van der Waals surface area contributed by atoms with E-state index in [1.54, 1.807) is 11.8 Å². The number of hydrogen-bond acceptors (Lipinski definition) is 3. The molecule has 1 N–H and O–H groups in total. The van der Waals surface area contributed by atoms with Crippen LogP contribution in [0.25, 0.3) is 5.57 Å². The monoisotopic (exact) mass is 267 g/mol. The molecule has 0 atom stereocenters. The number of allylic oxidation sites excluding steroid dienone is 4. The third-order valence-corrected chi connectivity index (χ3v) is 3.68. The van der Waals surface area contributed by atoms with Gasteiger partial charge < -0.3 is 4.57 Å². The van der Waals surface area contributed by atoms with Crippen molar-refractivity contribution in [3.05, 3.63) is 40.6 Å². The molecule has 0 saturated heterocycles. The molecule has 0 amide bonds. The summed E-state index contributed by atoms with van der Waals surface area (Å²) in [4.78, 5) is 5.45. The maximum Gasteiger partial charge on any atom is 0.0998 e. The average Bonchev–Trinajstić information content (AvgIpc) is 2.74. The standard InChI is InChI=1S/C14H21NO2S/c1-11(5-7-13(3)18-4)14-8-6-12(2)15(14)9-10-17-16/h5-8,16H,9-10H2,1-4H3/b11-5+,13-7+. The summed E-state index contributed by atoms with van der Waals surface area (Å²) in [6.07, 6.45) is 6.31. The van der Waals surface area contributed by atoms with Crippen LogP contribution in [-0.4, -0.2) is 22.7 Å². The average molecular weight is 267 g/mol. The minimum absolute atomic E-state index is 0.301. The van der Waals surface area contributed by atoms with Crippen molar-refractivity contribution in [3.8, 4) is 0 Å². The summed E-state index contributed by atoms with van der Waals surface area (Å²) in [5.74, 6) is 0.